The maximum Gasteiger partial charge on any atom is 0.151 e. The van der Waals surface area contributed by atoms with Crippen LogP contribution in [0.15, 0.2) is 118 Å². The van der Waals surface area contributed by atoms with E-state index in [4.69, 9.17) is 4.74 Å². The summed E-state index contributed by atoms with van der Waals surface area (Å²) in [5.41, 5.74) is 6.47. The van der Waals surface area contributed by atoms with Gasteiger partial charge in [-0.1, -0.05) is 42.0 Å². The summed E-state index contributed by atoms with van der Waals surface area (Å²) in [4.78, 5) is 0. The molecule has 229 valence electrons. The number of anilines is 2. The molecule has 3 N–H and O–H groups in total. The largest absolute Gasteiger partial charge is 0.506 e. The van der Waals surface area contributed by atoms with Gasteiger partial charge in [-0.15, -0.1) is 15.3 Å². The first-order valence-corrected chi connectivity index (χ1v) is 14.1. The molecule has 0 bridgehead atoms. The number of ether oxygens (including phenoxy) is 1. The summed E-state index contributed by atoms with van der Waals surface area (Å²) in [5, 5.41) is 46.3. The number of fused-ring (bicyclic) bond motifs is 2. The Kier molecular flexibility index (Phi) is 9.13. The quantitative estimate of drug-likeness (QED) is 0.118. The first-order chi connectivity index (χ1) is 21.3. The predicted molar refractivity (Wildman–Crippen MR) is 177 cm³/mol. The number of aryl methyl sites for hydroxylation is 3. The molecule has 0 atom stereocenters. The molecule has 0 amide bonds. The minimum Gasteiger partial charge on any atom is -0.506 e. The first-order valence-electron chi connectivity index (χ1n) is 14.1. The van der Waals surface area contributed by atoms with Gasteiger partial charge in [0.2, 0.25) is 0 Å². The van der Waals surface area contributed by atoms with Gasteiger partial charge in [0.25, 0.3) is 0 Å². The smallest absolute Gasteiger partial charge is 0.151 e. The van der Waals surface area contributed by atoms with Crippen LogP contribution in [-0.2, 0) is 17.1 Å². The van der Waals surface area contributed by atoms with Crippen LogP contribution in [0.1, 0.15) is 16.7 Å². The van der Waals surface area contributed by atoms with Crippen molar-refractivity contribution in [1.29, 1.82) is 0 Å². The number of benzene rings is 6. The van der Waals surface area contributed by atoms with E-state index in [9.17, 15) is 10.2 Å². The van der Waals surface area contributed by atoms with Gasteiger partial charge in [0, 0.05) is 46.0 Å². The van der Waals surface area contributed by atoms with Crippen LogP contribution in [0.25, 0.3) is 21.5 Å². The van der Waals surface area contributed by atoms with E-state index < -0.39 is 0 Å². The molecular weight excluding hydrogens is 614 g/mol. The van der Waals surface area contributed by atoms with Crippen molar-refractivity contribution in [3.8, 4) is 17.2 Å². The van der Waals surface area contributed by atoms with Gasteiger partial charge in [-0.3, -0.25) is 0 Å². The van der Waals surface area contributed by atoms with E-state index in [2.05, 4.69) is 51.8 Å². The Morgan fingerprint density at radius 3 is 2.18 bits per heavy atom. The molecule has 0 aliphatic rings. The van der Waals surface area contributed by atoms with E-state index >= 15 is 0 Å². The predicted octanol–water partition coefficient (Wildman–Crippen LogP) is 10.9. The summed E-state index contributed by atoms with van der Waals surface area (Å²) in [5.74, 6) is 0.224. The second kappa shape index (κ2) is 13.2. The zero-order valence-corrected chi connectivity index (χ0v) is 26.1. The number of azo groups is 2. The number of rotatable bonds is 7. The summed E-state index contributed by atoms with van der Waals surface area (Å²) >= 11 is 0. The number of nitrogens with one attached hydrogen (secondary N) is 1. The van der Waals surface area contributed by atoms with Gasteiger partial charge in [-0.2, -0.15) is 5.11 Å². The molecule has 6 aromatic carbocycles. The van der Waals surface area contributed by atoms with Crippen molar-refractivity contribution in [2.24, 2.45) is 20.5 Å². The molecule has 0 aromatic heterocycles. The molecule has 0 heterocycles. The van der Waals surface area contributed by atoms with Crippen molar-refractivity contribution in [2.75, 3.05) is 12.4 Å². The molecule has 6 rings (SSSR count). The Labute approximate surface area is 271 Å². The van der Waals surface area contributed by atoms with Crippen LogP contribution in [-0.4, -0.2) is 17.3 Å². The van der Waals surface area contributed by atoms with Gasteiger partial charge in [0.1, 0.15) is 28.6 Å². The van der Waals surface area contributed by atoms with Gasteiger partial charge >= 0.3 is 0 Å². The normalized spacial score (nSPS) is 11.4. The zero-order valence-electron chi connectivity index (χ0n) is 25.1. The summed E-state index contributed by atoms with van der Waals surface area (Å²) in [6.45, 7) is 6.00. The molecule has 45 heavy (non-hydrogen) atoms. The van der Waals surface area contributed by atoms with E-state index in [-0.39, 0.29) is 34.3 Å². The van der Waals surface area contributed by atoms with E-state index in [0.29, 0.717) is 28.2 Å². The maximum atomic E-state index is 11.1. The Hall–Kier alpha value is -5.24. The van der Waals surface area contributed by atoms with Gasteiger partial charge < -0.3 is 20.3 Å². The summed E-state index contributed by atoms with van der Waals surface area (Å²) in [6, 6.07) is 30.7. The van der Waals surface area contributed by atoms with Crippen molar-refractivity contribution in [3.05, 3.63) is 114 Å². The van der Waals surface area contributed by atoms with Crippen LogP contribution in [0.5, 0.6) is 17.2 Å². The Balaban J connectivity index is 0.00000400. The number of hydrogen-bond acceptors (Lipinski definition) is 8. The maximum absolute atomic E-state index is 11.1. The third kappa shape index (κ3) is 6.65. The van der Waals surface area contributed by atoms with Gasteiger partial charge in [0.15, 0.2) is 5.75 Å². The fraction of sp³-hybridized carbons (Fsp3) is 0.111. The second-order valence-corrected chi connectivity index (χ2v) is 10.7. The fourth-order valence-corrected chi connectivity index (χ4v) is 5.27. The third-order valence-electron chi connectivity index (χ3n) is 7.44. The molecule has 0 saturated carbocycles. The molecule has 0 aliphatic heterocycles. The Morgan fingerprint density at radius 1 is 0.622 bits per heavy atom. The first kappa shape index (κ1) is 31.2. The molecule has 0 fully saturated rings. The molecule has 8 nitrogen and oxygen atoms in total. The molecule has 0 saturated heterocycles. The number of para-hydroxylation sites is 1. The van der Waals surface area contributed by atoms with Gasteiger partial charge in [-0.25, -0.2) is 0 Å². The SMILES string of the molecule is COc1cc(N=Nc2c(C)cc3cc(Nc4ccccc4)ccc3c2O)c(O)cc1N=Nc1ccc2cc(C)cc(C)c2c1.[Cu]. The van der Waals surface area contributed by atoms with Crippen LogP contribution < -0.4 is 10.1 Å². The molecule has 1 radical (unpaired) electrons. The van der Waals surface area contributed by atoms with Crippen molar-refractivity contribution in [2.45, 2.75) is 20.8 Å². The molecule has 9 heteroatoms. The van der Waals surface area contributed by atoms with Gasteiger partial charge in [-0.05, 0) is 96.6 Å². The van der Waals surface area contributed by atoms with E-state index in [0.717, 1.165) is 33.1 Å². The van der Waals surface area contributed by atoms with Crippen LogP contribution in [0, 0.1) is 20.8 Å². The van der Waals surface area contributed by atoms with Gasteiger partial charge in [0.05, 0.1) is 12.8 Å². The number of hydrogen-bond donors (Lipinski definition) is 3. The third-order valence-corrected chi connectivity index (χ3v) is 7.44. The molecule has 6 aromatic rings. The topological polar surface area (TPSA) is 111 Å². The van der Waals surface area contributed by atoms with Crippen LogP contribution in [0.4, 0.5) is 34.1 Å². The van der Waals surface area contributed by atoms with Crippen molar-refractivity contribution in [1.82, 2.24) is 0 Å². The summed E-state index contributed by atoms with van der Waals surface area (Å²) < 4.78 is 5.52. The Bertz CT molecular complexity index is 2100. The van der Waals surface area contributed by atoms with E-state index in [1.54, 1.807) is 0 Å². The number of phenolic OH excluding ortho intramolecular Hbond substituents is 2. The zero-order chi connectivity index (χ0) is 30.8. The number of nitrogens with zero attached hydrogens (tertiary/aromatic N) is 4. The Morgan fingerprint density at radius 2 is 1.40 bits per heavy atom. The van der Waals surface area contributed by atoms with E-state index in [1.807, 2.05) is 79.7 Å². The van der Waals surface area contributed by atoms with Crippen molar-refractivity contribution < 1.29 is 32.0 Å². The molecular formula is C36H31CuN5O3. The number of phenols is 2. The van der Waals surface area contributed by atoms with E-state index in [1.165, 1.54) is 30.4 Å². The molecule has 0 spiro atoms. The van der Waals surface area contributed by atoms with Crippen LogP contribution in [0.2, 0.25) is 0 Å². The summed E-state index contributed by atoms with van der Waals surface area (Å²) in [7, 11) is 1.51. The average Bonchev–Trinajstić information content (AvgIpc) is 3.01. The minimum atomic E-state index is -0.150. The van der Waals surface area contributed by atoms with Crippen LogP contribution in [0.3, 0.4) is 0 Å². The minimum absolute atomic E-state index is 0. The number of aromatic hydroxyl groups is 2. The van der Waals surface area contributed by atoms with Crippen molar-refractivity contribution in [3.63, 3.8) is 0 Å². The number of methoxy groups -OCH3 is 1. The fourth-order valence-electron chi connectivity index (χ4n) is 5.27. The monoisotopic (exact) mass is 644 g/mol. The molecule has 0 unspecified atom stereocenters. The standard InChI is InChI=1S/C36H31N5O3.Cu/c1-21-14-22(2)30-18-28(11-10-24(30)15-21)38-40-32-19-33(42)31(20-34(32)44-4)39-41-35-23(3)16-25-17-27(12-13-29(25)36(35)43)37-26-8-6-5-7-9-26;/h5-20,37,42-43H,1-4H3;. The molecule has 0 aliphatic carbocycles. The summed E-state index contributed by atoms with van der Waals surface area (Å²) in [6.07, 6.45) is 0. The second-order valence-electron chi connectivity index (χ2n) is 10.7. The average molecular weight is 645 g/mol. The van der Waals surface area contributed by atoms with Crippen molar-refractivity contribution >= 4 is 55.7 Å². The van der Waals surface area contributed by atoms with Crippen LogP contribution >= 0.6 is 0 Å².